The van der Waals surface area contributed by atoms with E-state index < -0.39 is 27.9 Å². The highest BCUT2D eigenvalue weighted by Gasteiger charge is 2.60. The maximum Gasteiger partial charge on any atom is 0.266 e. The van der Waals surface area contributed by atoms with Crippen molar-refractivity contribution in [3.8, 4) is 0 Å². The molecule has 10 unspecified atom stereocenters. The van der Waals surface area contributed by atoms with Crippen LogP contribution in [0.5, 0.6) is 0 Å². The predicted molar refractivity (Wildman–Crippen MR) is 130 cm³/mol. The average Bonchev–Trinajstić information content (AvgIpc) is 3.10. The van der Waals surface area contributed by atoms with Crippen LogP contribution in [0.4, 0.5) is 0 Å². The highest BCUT2D eigenvalue weighted by atomic mass is 32.2. The molecule has 0 radical (unpaired) electrons. The largest absolute Gasteiger partial charge is 0.393 e. The minimum atomic E-state index is -4.14. The second-order valence-corrected chi connectivity index (χ2v) is 14.2. The van der Waals surface area contributed by atoms with E-state index in [1.807, 2.05) is 0 Å². The number of amides is 1. The zero-order valence-electron chi connectivity index (χ0n) is 21.1. The van der Waals surface area contributed by atoms with Gasteiger partial charge in [0, 0.05) is 6.54 Å². The van der Waals surface area contributed by atoms with Gasteiger partial charge in [-0.25, -0.2) is 0 Å². The van der Waals surface area contributed by atoms with Crippen molar-refractivity contribution in [3.05, 3.63) is 0 Å². The summed E-state index contributed by atoms with van der Waals surface area (Å²) in [6.45, 7) is 6.92. The summed E-state index contributed by atoms with van der Waals surface area (Å²) in [5.74, 6) is 2.42. The van der Waals surface area contributed by atoms with Crippen LogP contribution in [0.25, 0.3) is 0 Å². The Balaban J connectivity index is 1.38. The van der Waals surface area contributed by atoms with Crippen LogP contribution in [0.1, 0.15) is 85.0 Å². The molecule has 196 valence electrons. The Kier molecular flexibility index (Phi) is 7.47. The molecule has 8 heteroatoms. The zero-order chi connectivity index (χ0) is 24.9. The van der Waals surface area contributed by atoms with Crippen molar-refractivity contribution in [2.24, 2.45) is 46.3 Å². The van der Waals surface area contributed by atoms with E-state index in [4.69, 9.17) is 4.55 Å². The van der Waals surface area contributed by atoms with Crippen LogP contribution >= 0.6 is 0 Å². The second-order valence-electron chi connectivity index (χ2n) is 12.6. The van der Waals surface area contributed by atoms with E-state index >= 15 is 0 Å². The minimum absolute atomic E-state index is 0.114. The molecule has 7 nitrogen and oxygen atoms in total. The smallest absolute Gasteiger partial charge is 0.266 e. The van der Waals surface area contributed by atoms with E-state index in [1.54, 1.807) is 0 Å². The van der Waals surface area contributed by atoms with Crippen LogP contribution in [0.15, 0.2) is 0 Å². The van der Waals surface area contributed by atoms with Gasteiger partial charge in [-0.1, -0.05) is 20.8 Å². The predicted octanol–water partition coefficient (Wildman–Crippen LogP) is 3.40. The molecule has 0 spiro atoms. The summed E-state index contributed by atoms with van der Waals surface area (Å²) < 4.78 is 30.5. The molecule has 1 amide bonds. The molecule has 4 fully saturated rings. The molecule has 4 aliphatic carbocycles. The molecule has 0 aromatic heterocycles. The van der Waals surface area contributed by atoms with E-state index in [0.29, 0.717) is 29.6 Å². The topological polar surface area (TPSA) is 124 Å². The molecule has 34 heavy (non-hydrogen) atoms. The van der Waals surface area contributed by atoms with Gasteiger partial charge in [-0.15, -0.1) is 0 Å². The highest BCUT2D eigenvalue weighted by molar-refractivity contribution is 7.85. The molecule has 4 aliphatic rings. The van der Waals surface area contributed by atoms with E-state index in [-0.39, 0.29) is 24.0 Å². The first-order chi connectivity index (χ1) is 15.8. The van der Waals surface area contributed by atoms with E-state index in [0.717, 1.165) is 37.5 Å². The Hall–Kier alpha value is -0.700. The first-order valence-electron chi connectivity index (χ1n) is 13.4. The normalized spacial score (nSPS) is 43.8. The van der Waals surface area contributed by atoms with Crippen molar-refractivity contribution in [3.63, 3.8) is 0 Å². The molecule has 4 N–H and O–H groups in total. The lowest BCUT2D eigenvalue weighted by Gasteiger charge is -2.61. The summed E-state index contributed by atoms with van der Waals surface area (Å²) in [6.07, 6.45) is 9.51. The van der Waals surface area contributed by atoms with E-state index in [1.165, 1.54) is 32.1 Å². The van der Waals surface area contributed by atoms with Gasteiger partial charge < -0.3 is 15.5 Å². The summed E-state index contributed by atoms with van der Waals surface area (Å²) >= 11 is 0. The van der Waals surface area contributed by atoms with Gasteiger partial charge in [0.1, 0.15) is 6.10 Å². The van der Waals surface area contributed by atoms with Gasteiger partial charge >= 0.3 is 0 Å². The lowest BCUT2D eigenvalue weighted by atomic mass is 9.44. The summed E-state index contributed by atoms with van der Waals surface area (Å²) in [6, 6.07) is 0. The number of hydrogen-bond donors (Lipinski definition) is 4. The Morgan fingerprint density at radius 1 is 1.03 bits per heavy atom. The fourth-order valence-corrected chi connectivity index (χ4v) is 9.62. The Morgan fingerprint density at radius 2 is 1.71 bits per heavy atom. The van der Waals surface area contributed by atoms with Gasteiger partial charge in [-0.3, -0.25) is 9.35 Å². The molecule has 0 aliphatic heterocycles. The molecule has 4 rings (SSSR count). The third-order valence-electron chi connectivity index (χ3n) is 11.0. The Labute approximate surface area is 205 Å². The maximum absolute atomic E-state index is 12.3. The van der Waals surface area contributed by atoms with Gasteiger partial charge in [0.15, 0.2) is 0 Å². The lowest BCUT2D eigenvalue weighted by molar-refractivity contribution is -0.134. The maximum atomic E-state index is 12.3. The molecule has 0 bridgehead atoms. The molecule has 10 atom stereocenters. The monoisotopic (exact) mass is 499 g/mol. The van der Waals surface area contributed by atoms with E-state index in [9.17, 15) is 23.4 Å². The number of carbonyl (C=O) groups excluding carboxylic acids is 1. The first kappa shape index (κ1) is 26.4. The zero-order valence-corrected chi connectivity index (χ0v) is 21.9. The molecule has 0 heterocycles. The lowest BCUT2D eigenvalue weighted by Crippen LogP contribution is -2.54. The van der Waals surface area contributed by atoms with Crippen LogP contribution in [0.3, 0.4) is 0 Å². The van der Waals surface area contributed by atoms with Crippen LogP contribution in [-0.4, -0.2) is 53.6 Å². The summed E-state index contributed by atoms with van der Waals surface area (Å²) in [7, 11) is -4.14. The fourth-order valence-electron chi connectivity index (χ4n) is 9.26. The van der Waals surface area contributed by atoms with Crippen LogP contribution in [0, 0.1) is 46.3 Å². The van der Waals surface area contributed by atoms with Crippen molar-refractivity contribution >= 4 is 16.0 Å². The van der Waals surface area contributed by atoms with Crippen molar-refractivity contribution in [1.82, 2.24) is 5.32 Å². The number of hydrogen-bond acceptors (Lipinski definition) is 5. The first-order valence-corrected chi connectivity index (χ1v) is 15.0. The van der Waals surface area contributed by atoms with Gasteiger partial charge in [-0.05, 0) is 111 Å². The molecule has 0 aromatic rings. The molecule has 0 aromatic carbocycles. The third-order valence-corrected chi connectivity index (χ3v) is 11.7. The molecule has 0 saturated heterocycles. The minimum Gasteiger partial charge on any atom is -0.393 e. The summed E-state index contributed by atoms with van der Waals surface area (Å²) in [4.78, 5) is 12.3. The quantitative estimate of drug-likeness (QED) is 0.398. The number of fused-ring (bicyclic) bond motifs is 5. The SMILES string of the molecule is CC(CC(O)C(=O)NCCS(=O)(=O)O)C1CCC2C3CCC4CC(O)CCC4(C)C3CCC12C. The fraction of sp³-hybridized carbons (Fsp3) is 0.962. The van der Waals surface area contributed by atoms with Gasteiger partial charge in [0.25, 0.3) is 10.1 Å². The van der Waals surface area contributed by atoms with Crippen molar-refractivity contribution in [2.75, 3.05) is 12.3 Å². The molecular weight excluding hydrogens is 454 g/mol. The van der Waals surface area contributed by atoms with Crippen molar-refractivity contribution in [2.45, 2.75) is 97.2 Å². The highest BCUT2D eigenvalue weighted by Crippen LogP contribution is 2.68. The number of aliphatic hydroxyl groups is 2. The Morgan fingerprint density at radius 3 is 2.41 bits per heavy atom. The number of rotatable bonds is 7. The standard InChI is InChI=1S/C26H45NO6S/c1-16(14-23(29)24(30)27-12-13-34(31,32)33)20-6-7-21-19-5-4-17-15-18(28)8-10-25(17,2)22(19)9-11-26(20,21)3/h16-23,28-29H,4-15H2,1-3H3,(H,27,30)(H,31,32,33). The number of nitrogens with one attached hydrogen (secondary N) is 1. The molecule has 4 saturated carbocycles. The van der Waals surface area contributed by atoms with E-state index in [2.05, 4.69) is 26.1 Å². The van der Waals surface area contributed by atoms with Crippen molar-refractivity contribution < 1.29 is 28.0 Å². The second kappa shape index (κ2) is 9.64. The summed E-state index contributed by atoms with van der Waals surface area (Å²) in [5.41, 5.74) is 0.600. The van der Waals surface area contributed by atoms with Crippen LogP contribution in [-0.2, 0) is 14.9 Å². The van der Waals surface area contributed by atoms with Crippen LogP contribution in [0.2, 0.25) is 0 Å². The summed E-state index contributed by atoms with van der Waals surface area (Å²) in [5, 5.41) is 23.2. The Bertz CT molecular complexity index is 863. The third kappa shape index (κ3) is 4.94. The molecular formula is C26H45NO6S. The number of carbonyl (C=O) groups is 1. The number of aliphatic hydroxyl groups excluding tert-OH is 2. The van der Waals surface area contributed by atoms with Gasteiger partial charge in [0.05, 0.1) is 11.9 Å². The van der Waals surface area contributed by atoms with Gasteiger partial charge in [-0.2, -0.15) is 8.42 Å². The van der Waals surface area contributed by atoms with Gasteiger partial charge in [0.2, 0.25) is 5.91 Å². The average molecular weight is 500 g/mol. The van der Waals surface area contributed by atoms with Crippen LogP contribution < -0.4 is 5.32 Å². The van der Waals surface area contributed by atoms with Crippen molar-refractivity contribution in [1.29, 1.82) is 0 Å².